The molecule has 86 valence electrons. The molecular weight excluding hydrogens is 200 g/mol. The number of anilines is 1. The lowest BCUT2D eigenvalue weighted by Gasteiger charge is -2.28. The first kappa shape index (κ1) is 11.0. The van der Waals surface area contributed by atoms with E-state index in [1.54, 1.807) is 13.3 Å². The first-order valence-corrected chi connectivity index (χ1v) is 5.82. The van der Waals surface area contributed by atoms with Gasteiger partial charge in [-0.1, -0.05) is 17.3 Å². The van der Waals surface area contributed by atoms with Crippen LogP contribution in [0.15, 0.2) is 29.4 Å². The summed E-state index contributed by atoms with van der Waals surface area (Å²) in [7, 11) is 1.55. The third-order valence-corrected chi connectivity index (χ3v) is 2.92. The molecule has 0 saturated carbocycles. The molecule has 1 aliphatic heterocycles. The van der Waals surface area contributed by atoms with Gasteiger partial charge in [0.25, 0.3) is 0 Å². The molecule has 1 fully saturated rings. The normalized spacial score (nSPS) is 16.7. The molecule has 0 amide bonds. The van der Waals surface area contributed by atoms with E-state index in [0.29, 0.717) is 0 Å². The topological polar surface area (TPSA) is 24.8 Å². The van der Waals surface area contributed by atoms with Gasteiger partial charge in [0.05, 0.1) is 6.21 Å². The summed E-state index contributed by atoms with van der Waals surface area (Å²) in [5, 5.41) is 3.75. The summed E-state index contributed by atoms with van der Waals surface area (Å²) in [6, 6.07) is 8.46. The number of benzene rings is 1. The van der Waals surface area contributed by atoms with Crippen LogP contribution >= 0.6 is 0 Å². The second-order valence-electron chi connectivity index (χ2n) is 4.06. The molecule has 16 heavy (non-hydrogen) atoms. The molecule has 1 heterocycles. The number of oxime groups is 1. The highest BCUT2D eigenvalue weighted by Gasteiger charge is 2.09. The summed E-state index contributed by atoms with van der Waals surface area (Å²) in [6.07, 6.45) is 5.72. The molecule has 0 N–H and O–H groups in total. The molecule has 0 atom stereocenters. The van der Waals surface area contributed by atoms with Crippen LogP contribution in [0, 0.1) is 0 Å². The van der Waals surface area contributed by atoms with Gasteiger partial charge in [-0.3, -0.25) is 0 Å². The average molecular weight is 218 g/mol. The van der Waals surface area contributed by atoms with E-state index in [4.69, 9.17) is 0 Å². The number of nitrogens with zero attached hydrogens (tertiary/aromatic N) is 2. The Bertz CT molecular complexity index is 339. The van der Waals surface area contributed by atoms with Gasteiger partial charge in [0, 0.05) is 18.8 Å². The molecule has 0 aliphatic carbocycles. The molecule has 0 radical (unpaired) electrons. The van der Waals surface area contributed by atoms with E-state index in [9.17, 15) is 0 Å². The smallest absolute Gasteiger partial charge is 0.106 e. The highest BCUT2D eigenvalue weighted by Crippen LogP contribution is 2.19. The Hall–Kier alpha value is -1.51. The number of hydrogen-bond donors (Lipinski definition) is 0. The van der Waals surface area contributed by atoms with Crippen molar-refractivity contribution in [1.29, 1.82) is 0 Å². The van der Waals surface area contributed by atoms with Crippen molar-refractivity contribution in [2.45, 2.75) is 19.3 Å². The van der Waals surface area contributed by atoms with Crippen molar-refractivity contribution >= 4 is 11.9 Å². The van der Waals surface area contributed by atoms with Crippen LogP contribution in [0.5, 0.6) is 0 Å². The van der Waals surface area contributed by atoms with Crippen molar-refractivity contribution in [3.8, 4) is 0 Å². The summed E-state index contributed by atoms with van der Waals surface area (Å²) in [4.78, 5) is 7.10. The Morgan fingerprint density at radius 2 is 1.81 bits per heavy atom. The second kappa shape index (κ2) is 5.54. The number of piperidine rings is 1. The van der Waals surface area contributed by atoms with Gasteiger partial charge >= 0.3 is 0 Å². The molecular formula is C13H18N2O. The second-order valence-corrected chi connectivity index (χ2v) is 4.06. The van der Waals surface area contributed by atoms with E-state index in [0.717, 1.165) is 5.56 Å². The predicted molar refractivity (Wildman–Crippen MR) is 67.1 cm³/mol. The van der Waals surface area contributed by atoms with Crippen LogP contribution in [-0.2, 0) is 4.84 Å². The number of rotatable bonds is 3. The molecule has 1 saturated heterocycles. The maximum atomic E-state index is 4.65. The fraction of sp³-hybridized carbons (Fsp3) is 0.462. The van der Waals surface area contributed by atoms with Crippen LogP contribution in [-0.4, -0.2) is 26.4 Å². The number of hydrogen-bond acceptors (Lipinski definition) is 3. The SMILES string of the molecule is CON=Cc1ccc(N2CCCCC2)cc1. The van der Waals surface area contributed by atoms with Gasteiger partial charge in [0.2, 0.25) is 0 Å². The van der Waals surface area contributed by atoms with Crippen LogP contribution in [0.4, 0.5) is 5.69 Å². The third-order valence-electron chi connectivity index (χ3n) is 2.92. The minimum absolute atomic E-state index is 1.07. The molecule has 1 aliphatic rings. The van der Waals surface area contributed by atoms with Gasteiger partial charge in [-0.15, -0.1) is 0 Å². The standard InChI is InChI=1S/C13H18N2O/c1-16-14-11-12-5-7-13(8-6-12)15-9-3-2-4-10-15/h5-8,11H,2-4,9-10H2,1H3. The van der Waals surface area contributed by atoms with E-state index >= 15 is 0 Å². The maximum Gasteiger partial charge on any atom is 0.106 e. The Balaban J connectivity index is 2.03. The zero-order chi connectivity index (χ0) is 11.2. The third kappa shape index (κ3) is 2.75. The molecule has 3 heteroatoms. The fourth-order valence-corrected chi connectivity index (χ4v) is 2.04. The maximum absolute atomic E-state index is 4.65. The van der Waals surface area contributed by atoms with Crippen molar-refractivity contribution in [2.24, 2.45) is 5.16 Å². The van der Waals surface area contributed by atoms with Gasteiger partial charge < -0.3 is 9.74 Å². The zero-order valence-electron chi connectivity index (χ0n) is 9.72. The summed E-state index contributed by atoms with van der Waals surface area (Å²) in [5.74, 6) is 0. The van der Waals surface area contributed by atoms with Crippen LogP contribution in [0.1, 0.15) is 24.8 Å². The lowest BCUT2D eigenvalue weighted by Crippen LogP contribution is -2.29. The summed E-state index contributed by atoms with van der Waals surface area (Å²) in [5.41, 5.74) is 2.39. The Kier molecular flexibility index (Phi) is 3.81. The van der Waals surface area contributed by atoms with Gasteiger partial charge in [-0.25, -0.2) is 0 Å². The van der Waals surface area contributed by atoms with Crippen LogP contribution in [0.25, 0.3) is 0 Å². The van der Waals surface area contributed by atoms with E-state index < -0.39 is 0 Å². The van der Waals surface area contributed by atoms with Crippen molar-refractivity contribution in [3.05, 3.63) is 29.8 Å². The van der Waals surface area contributed by atoms with Gasteiger partial charge in [-0.05, 0) is 37.0 Å². The van der Waals surface area contributed by atoms with Crippen LogP contribution in [0.2, 0.25) is 0 Å². The Morgan fingerprint density at radius 1 is 1.12 bits per heavy atom. The minimum Gasteiger partial charge on any atom is -0.399 e. The average Bonchev–Trinajstić information content (AvgIpc) is 2.38. The van der Waals surface area contributed by atoms with Gasteiger partial charge in [0.1, 0.15) is 7.11 Å². The van der Waals surface area contributed by atoms with Crippen LogP contribution < -0.4 is 4.90 Å². The van der Waals surface area contributed by atoms with Gasteiger partial charge in [0.15, 0.2) is 0 Å². The molecule has 0 unspecified atom stereocenters. The van der Waals surface area contributed by atoms with Crippen molar-refractivity contribution in [2.75, 3.05) is 25.1 Å². The summed E-state index contributed by atoms with van der Waals surface area (Å²) >= 11 is 0. The molecule has 1 aromatic carbocycles. The molecule has 3 nitrogen and oxygen atoms in total. The van der Waals surface area contributed by atoms with Crippen molar-refractivity contribution in [3.63, 3.8) is 0 Å². The lowest BCUT2D eigenvalue weighted by atomic mass is 10.1. The molecule has 0 bridgehead atoms. The summed E-state index contributed by atoms with van der Waals surface area (Å²) < 4.78 is 0. The predicted octanol–water partition coefficient (Wildman–Crippen LogP) is 2.66. The van der Waals surface area contributed by atoms with Crippen molar-refractivity contribution in [1.82, 2.24) is 0 Å². The highest BCUT2D eigenvalue weighted by atomic mass is 16.6. The van der Waals surface area contributed by atoms with E-state index in [1.807, 2.05) is 0 Å². The highest BCUT2D eigenvalue weighted by molar-refractivity contribution is 5.79. The zero-order valence-corrected chi connectivity index (χ0v) is 9.72. The molecule has 0 spiro atoms. The molecule has 2 rings (SSSR count). The summed E-state index contributed by atoms with van der Waals surface area (Å²) in [6.45, 7) is 2.37. The lowest BCUT2D eigenvalue weighted by molar-refractivity contribution is 0.215. The minimum atomic E-state index is 1.07. The molecule has 1 aromatic rings. The van der Waals surface area contributed by atoms with Crippen LogP contribution in [0.3, 0.4) is 0 Å². The first-order chi connectivity index (χ1) is 7.90. The van der Waals surface area contributed by atoms with Crippen molar-refractivity contribution < 1.29 is 4.84 Å². The quantitative estimate of drug-likeness (QED) is 0.575. The van der Waals surface area contributed by atoms with E-state index in [1.165, 1.54) is 38.0 Å². The van der Waals surface area contributed by atoms with Gasteiger partial charge in [-0.2, -0.15) is 0 Å². The fourth-order valence-electron chi connectivity index (χ4n) is 2.04. The Labute approximate surface area is 96.7 Å². The Morgan fingerprint density at radius 3 is 2.44 bits per heavy atom. The van der Waals surface area contributed by atoms with E-state index in [2.05, 4.69) is 39.2 Å². The van der Waals surface area contributed by atoms with E-state index in [-0.39, 0.29) is 0 Å². The largest absolute Gasteiger partial charge is 0.399 e. The first-order valence-electron chi connectivity index (χ1n) is 5.82. The monoisotopic (exact) mass is 218 g/mol. The molecule has 0 aromatic heterocycles.